The van der Waals surface area contributed by atoms with Crippen molar-refractivity contribution >= 4 is 57.8 Å². The molecule has 0 N–H and O–H groups in total. The highest BCUT2D eigenvalue weighted by Gasteiger charge is 2.26. The number of carbonyl (C=O) groups excluding carboxylic acids is 1. The zero-order chi connectivity index (χ0) is 22.7. The van der Waals surface area contributed by atoms with Crippen LogP contribution in [-0.2, 0) is 16.1 Å². The molecule has 7 nitrogen and oxygen atoms in total. The third-order valence-corrected chi connectivity index (χ3v) is 5.49. The Morgan fingerprint density at radius 1 is 1.12 bits per heavy atom. The first-order valence-corrected chi connectivity index (χ1v) is 10.8. The fourth-order valence-corrected chi connectivity index (χ4v) is 3.84. The number of aliphatic imine (C=N–C) groups is 1. The Bertz CT molecular complexity index is 1290. The highest BCUT2D eigenvalue weighted by molar-refractivity contribution is 14.1. The predicted molar refractivity (Wildman–Crippen MR) is 129 cm³/mol. The molecule has 0 amide bonds. The minimum Gasteiger partial charge on any atom is -0.488 e. The van der Waals surface area contributed by atoms with Gasteiger partial charge in [0.05, 0.1) is 15.5 Å². The minimum absolute atomic E-state index is 0.0154. The molecule has 1 heterocycles. The molecule has 0 atom stereocenters. The van der Waals surface area contributed by atoms with Crippen molar-refractivity contribution in [3.8, 4) is 5.75 Å². The van der Waals surface area contributed by atoms with E-state index in [-0.39, 0.29) is 27.9 Å². The molecular formula is C23H14ClIN2O5. The number of hydrogen-bond donors (Lipinski definition) is 0. The molecule has 1 aliphatic rings. The average molecular weight is 561 g/mol. The zero-order valence-corrected chi connectivity index (χ0v) is 19.2. The van der Waals surface area contributed by atoms with E-state index in [4.69, 9.17) is 21.1 Å². The largest absolute Gasteiger partial charge is 0.488 e. The molecule has 0 aliphatic carbocycles. The Balaban J connectivity index is 1.59. The van der Waals surface area contributed by atoms with Crippen LogP contribution < -0.4 is 4.74 Å². The summed E-state index contributed by atoms with van der Waals surface area (Å²) >= 11 is 8.37. The molecule has 0 saturated carbocycles. The first-order valence-electron chi connectivity index (χ1n) is 9.34. The van der Waals surface area contributed by atoms with Crippen molar-refractivity contribution in [3.63, 3.8) is 0 Å². The van der Waals surface area contributed by atoms with Crippen LogP contribution in [0.4, 0.5) is 5.69 Å². The third kappa shape index (κ3) is 4.97. The fraction of sp³-hybridized carbons (Fsp3) is 0.0435. The Labute approximate surface area is 201 Å². The minimum atomic E-state index is -0.651. The smallest absolute Gasteiger partial charge is 0.363 e. The van der Waals surface area contributed by atoms with E-state index in [0.717, 1.165) is 9.13 Å². The van der Waals surface area contributed by atoms with Gasteiger partial charge in [-0.15, -0.1) is 0 Å². The summed E-state index contributed by atoms with van der Waals surface area (Å²) in [6, 6.07) is 19.1. The van der Waals surface area contributed by atoms with Crippen LogP contribution in [0.15, 0.2) is 77.4 Å². The molecule has 0 aromatic heterocycles. The fourth-order valence-electron chi connectivity index (χ4n) is 2.98. The van der Waals surface area contributed by atoms with Crippen molar-refractivity contribution in [2.75, 3.05) is 0 Å². The van der Waals surface area contributed by atoms with Gasteiger partial charge in [0, 0.05) is 21.3 Å². The normalized spacial score (nSPS) is 14.2. The number of nitrogens with zero attached hydrogens (tertiary/aromatic N) is 2. The maximum atomic E-state index is 12.4. The number of nitro benzene ring substituents is 1. The van der Waals surface area contributed by atoms with Crippen molar-refractivity contribution in [2.24, 2.45) is 4.99 Å². The second-order valence-electron chi connectivity index (χ2n) is 6.71. The van der Waals surface area contributed by atoms with Crippen LogP contribution in [0.1, 0.15) is 16.7 Å². The molecule has 0 spiro atoms. The second kappa shape index (κ2) is 9.49. The first-order chi connectivity index (χ1) is 15.4. The number of esters is 1. The van der Waals surface area contributed by atoms with E-state index in [1.807, 2.05) is 36.4 Å². The number of benzene rings is 3. The van der Waals surface area contributed by atoms with Gasteiger partial charge in [0.1, 0.15) is 12.4 Å². The van der Waals surface area contributed by atoms with Gasteiger partial charge in [-0.25, -0.2) is 9.79 Å². The van der Waals surface area contributed by atoms with E-state index in [1.54, 1.807) is 18.2 Å². The van der Waals surface area contributed by atoms with Crippen LogP contribution in [0, 0.1) is 13.7 Å². The number of nitro groups is 1. The standard InChI is InChI=1S/C23H14ClIN2O5/c24-19-12-17(27(29)30)8-9-18(19)22-26-20(23(28)32-22)11-15-5-1-2-7-21(15)31-13-14-4-3-6-16(25)10-14/h1-12H,13H2/b20-11-. The van der Waals surface area contributed by atoms with Gasteiger partial charge in [-0.3, -0.25) is 10.1 Å². The van der Waals surface area contributed by atoms with Gasteiger partial charge in [-0.1, -0.05) is 41.9 Å². The van der Waals surface area contributed by atoms with E-state index < -0.39 is 10.9 Å². The van der Waals surface area contributed by atoms with Crippen LogP contribution >= 0.6 is 34.2 Å². The summed E-state index contributed by atoms with van der Waals surface area (Å²) in [7, 11) is 0. The summed E-state index contributed by atoms with van der Waals surface area (Å²) < 4.78 is 12.3. The zero-order valence-electron chi connectivity index (χ0n) is 16.3. The summed E-state index contributed by atoms with van der Waals surface area (Å²) in [6.45, 7) is 0.369. The molecule has 160 valence electrons. The third-order valence-electron chi connectivity index (χ3n) is 4.51. The number of halogens is 2. The highest BCUT2D eigenvalue weighted by Crippen LogP contribution is 2.29. The Hall–Kier alpha value is -3.24. The second-order valence-corrected chi connectivity index (χ2v) is 8.37. The van der Waals surface area contributed by atoms with Gasteiger partial charge in [-0.2, -0.15) is 0 Å². The molecule has 0 bridgehead atoms. The summed E-state index contributed by atoms with van der Waals surface area (Å²) in [5.74, 6) is -0.0797. The van der Waals surface area contributed by atoms with Gasteiger partial charge < -0.3 is 9.47 Å². The molecular weight excluding hydrogens is 547 g/mol. The molecule has 3 aromatic rings. The number of ether oxygens (including phenoxy) is 2. The monoisotopic (exact) mass is 560 g/mol. The molecule has 4 rings (SSSR count). The molecule has 0 unspecified atom stereocenters. The van der Waals surface area contributed by atoms with Gasteiger partial charge >= 0.3 is 5.97 Å². The molecule has 0 fully saturated rings. The molecule has 0 saturated heterocycles. The lowest BCUT2D eigenvalue weighted by Gasteiger charge is -2.09. The first kappa shape index (κ1) is 22.0. The summed E-state index contributed by atoms with van der Waals surface area (Å²) in [6.07, 6.45) is 1.57. The van der Waals surface area contributed by atoms with Crippen LogP contribution in [0.3, 0.4) is 0 Å². The SMILES string of the molecule is O=C1OC(c2ccc([N+](=O)[O-])cc2Cl)=N/C1=C\c1ccccc1OCc1cccc(I)c1. The van der Waals surface area contributed by atoms with Crippen molar-refractivity contribution in [1.82, 2.24) is 0 Å². The van der Waals surface area contributed by atoms with Gasteiger partial charge in [0.15, 0.2) is 5.70 Å². The van der Waals surface area contributed by atoms with Gasteiger partial charge in [0.25, 0.3) is 5.69 Å². The summed E-state index contributed by atoms with van der Waals surface area (Å²) in [5, 5.41) is 11.0. The maximum absolute atomic E-state index is 12.4. The average Bonchev–Trinajstić information content (AvgIpc) is 3.13. The topological polar surface area (TPSA) is 91.0 Å². The number of cyclic esters (lactones) is 1. The van der Waals surface area contributed by atoms with E-state index in [2.05, 4.69) is 27.6 Å². The van der Waals surface area contributed by atoms with Crippen molar-refractivity contribution in [3.05, 3.63) is 108 Å². The van der Waals surface area contributed by atoms with Gasteiger partial charge in [0.2, 0.25) is 5.90 Å². The Morgan fingerprint density at radius 3 is 2.69 bits per heavy atom. The van der Waals surface area contributed by atoms with E-state index in [0.29, 0.717) is 17.9 Å². The Morgan fingerprint density at radius 2 is 1.94 bits per heavy atom. The molecule has 3 aromatic carbocycles. The Kier molecular flexibility index (Phi) is 6.52. The lowest BCUT2D eigenvalue weighted by Crippen LogP contribution is -2.06. The predicted octanol–water partition coefficient (Wildman–Crippen LogP) is 5.78. The van der Waals surface area contributed by atoms with Crippen LogP contribution in [-0.4, -0.2) is 16.8 Å². The molecule has 32 heavy (non-hydrogen) atoms. The quantitative estimate of drug-likeness (QED) is 0.125. The van der Waals surface area contributed by atoms with E-state index >= 15 is 0 Å². The van der Waals surface area contributed by atoms with E-state index in [9.17, 15) is 14.9 Å². The maximum Gasteiger partial charge on any atom is 0.363 e. The van der Waals surface area contributed by atoms with Crippen LogP contribution in [0.25, 0.3) is 6.08 Å². The number of rotatable bonds is 6. The number of para-hydroxylation sites is 1. The lowest BCUT2D eigenvalue weighted by molar-refractivity contribution is -0.384. The summed E-state index contributed by atoms with van der Waals surface area (Å²) in [4.78, 5) is 27.0. The van der Waals surface area contributed by atoms with Crippen LogP contribution in [0.2, 0.25) is 5.02 Å². The van der Waals surface area contributed by atoms with Crippen molar-refractivity contribution < 1.29 is 19.2 Å². The number of non-ortho nitro benzene ring substituents is 1. The van der Waals surface area contributed by atoms with Crippen molar-refractivity contribution in [2.45, 2.75) is 6.61 Å². The van der Waals surface area contributed by atoms with Gasteiger partial charge in [-0.05, 0) is 58.5 Å². The molecule has 0 radical (unpaired) electrons. The van der Waals surface area contributed by atoms with Crippen molar-refractivity contribution in [1.29, 1.82) is 0 Å². The summed E-state index contributed by atoms with van der Waals surface area (Å²) in [5.41, 5.74) is 1.87. The highest BCUT2D eigenvalue weighted by atomic mass is 127. The number of carbonyl (C=O) groups is 1. The molecule has 9 heteroatoms. The van der Waals surface area contributed by atoms with E-state index in [1.165, 1.54) is 18.2 Å². The van der Waals surface area contributed by atoms with Crippen LogP contribution in [0.5, 0.6) is 5.75 Å². The number of hydrogen-bond acceptors (Lipinski definition) is 6. The molecule has 1 aliphatic heterocycles. The lowest BCUT2D eigenvalue weighted by atomic mass is 10.1.